The van der Waals surface area contributed by atoms with Gasteiger partial charge in [-0.1, -0.05) is 0 Å². The van der Waals surface area contributed by atoms with E-state index in [1.807, 2.05) is 0 Å². The van der Waals surface area contributed by atoms with E-state index in [0.717, 1.165) is 19.4 Å². The molecule has 1 aliphatic rings. The Morgan fingerprint density at radius 3 is 3.00 bits per heavy atom. The van der Waals surface area contributed by atoms with Gasteiger partial charge in [0.2, 0.25) is 0 Å². The third-order valence-corrected chi connectivity index (χ3v) is 2.34. The summed E-state index contributed by atoms with van der Waals surface area (Å²) in [5, 5.41) is 2.93. The van der Waals surface area contributed by atoms with Gasteiger partial charge in [0.15, 0.2) is 0 Å². The Balaban J connectivity index is 2.32. The minimum absolute atomic E-state index is 0.157. The van der Waals surface area contributed by atoms with Gasteiger partial charge in [-0.2, -0.15) is 0 Å². The van der Waals surface area contributed by atoms with Crippen molar-refractivity contribution in [2.24, 2.45) is 0 Å². The summed E-state index contributed by atoms with van der Waals surface area (Å²) in [6, 6.07) is -0.157. The molecule has 0 bridgehead atoms. The molecule has 2 nitrogen and oxygen atoms in total. The zero-order valence-corrected chi connectivity index (χ0v) is 6.61. The predicted molar refractivity (Wildman–Crippen MR) is 32.9 cm³/mol. The maximum absolute atomic E-state index is 11.7. The first-order valence-corrected chi connectivity index (χ1v) is 4.41. The van der Waals surface area contributed by atoms with Gasteiger partial charge in [-0.3, -0.25) is 0 Å². The summed E-state index contributed by atoms with van der Waals surface area (Å²) in [7, 11) is 0. The summed E-state index contributed by atoms with van der Waals surface area (Å²) in [4.78, 5) is 10.6. The number of hydrogen-bond donors (Lipinski definition) is 1. The van der Waals surface area contributed by atoms with Crippen LogP contribution in [0.1, 0.15) is 12.8 Å². The van der Waals surface area contributed by atoms with Crippen molar-refractivity contribution < 1.29 is 8.35 Å². The monoisotopic (exact) mass is 197 g/mol. The van der Waals surface area contributed by atoms with Crippen LogP contribution in [-0.4, -0.2) is 32.7 Å². The molecule has 4 heteroatoms. The predicted octanol–water partition coefficient (Wildman–Crippen LogP) is -0.146. The maximum atomic E-state index is 11.7. The van der Waals surface area contributed by atoms with E-state index < -0.39 is 15.4 Å². The van der Waals surface area contributed by atoms with Crippen LogP contribution < -0.4 is 5.32 Å². The van der Waals surface area contributed by atoms with Crippen LogP contribution in [0.3, 0.4) is 0 Å². The number of carbonyl (C=O) groups is 1. The third kappa shape index (κ3) is 1.75. The SMILES string of the molecule is O=C([Se]F)[C@@H]1CCCN1. The molecule has 9 heavy (non-hydrogen) atoms. The summed E-state index contributed by atoms with van der Waals surface area (Å²) in [5.41, 5.74) is 0. The van der Waals surface area contributed by atoms with Gasteiger partial charge < -0.3 is 0 Å². The van der Waals surface area contributed by atoms with E-state index in [0.29, 0.717) is 0 Å². The number of hydrogen-bond acceptors (Lipinski definition) is 2. The summed E-state index contributed by atoms with van der Waals surface area (Å²) in [6.45, 7) is 0.868. The minimum atomic E-state index is -1.30. The van der Waals surface area contributed by atoms with Crippen molar-refractivity contribution in [2.45, 2.75) is 18.9 Å². The Hall–Kier alpha value is 0.0795. The summed E-state index contributed by atoms with van der Waals surface area (Å²) >= 11 is -1.30. The van der Waals surface area contributed by atoms with Crippen molar-refractivity contribution >= 4 is 20.1 Å². The average Bonchev–Trinajstić information content (AvgIpc) is 2.37. The van der Waals surface area contributed by atoms with Crippen LogP contribution in [0.4, 0.5) is 3.55 Å². The normalized spacial score (nSPS) is 26.6. The molecule has 1 aliphatic heterocycles. The molecule has 0 saturated carbocycles. The molecule has 1 saturated heterocycles. The van der Waals surface area contributed by atoms with Crippen molar-refractivity contribution in [1.82, 2.24) is 5.32 Å². The van der Waals surface area contributed by atoms with Crippen molar-refractivity contribution in [3.8, 4) is 0 Å². The van der Waals surface area contributed by atoms with E-state index in [1.165, 1.54) is 0 Å². The van der Waals surface area contributed by atoms with Gasteiger partial charge in [0.25, 0.3) is 0 Å². The molecular weight excluding hydrogens is 188 g/mol. The molecule has 0 aromatic carbocycles. The average molecular weight is 196 g/mol. The molecule has 1 N–H and O–H groups in total. The molecule has 1 heterocycles. The second-order valence-electron chi connectivity index (χ2n) is 2.05. The van der Waals surface area contributed by atoms with Crippen LogP contribution in [0.5, 0.6) is 0 Å². The zero-order valence-electron chi connectivity index (χ0n) is 4.89. The fourth-order valence-corrected chi connectivity index (χ4v) is 1.59. The first-order valence-electron chi connectivity index (χ1n) is 2.90. The fraction of sp³-hybridized carbons (Fsp3) is 0.800. The van der Waals surface area contributed by atoms with E-state index in [2.05, 4.69) is 5.32 Å². The molecule has 52 valence electrons. The number of carbonyl (C=O) groups excluding carboxylic acids is 1. The van der Waals surface area contributed by atoms with E-state index in [9.17, 15) is 8.35 Å². The second kappa shape index (κ2) is 3.30. The van der Waals surface area contributed by atoms with Crippen LogP contribution in [0.25, 0.3) is 0 Å². The van der Waals surface area contributed by atoms with E-state index in [1.54, 1.807) is 0 Å². The molecule has 0 radical (unpaired) electrons. The van der Waals surface area contributed by atoms with Gasteiger partial charge in [0.1, 0.15) is 0 Å². The van der Waals surface area contributed by atoms with Crippen LogP contribution in [0, 0.1) is 0 Å². The molecule has 1 rings (SSSR count). The Bertz CT molecular complexity index is 114. The molecule has 0 spiro atoms. The summed E-state index contributed by atoms with van der Waals surface area (Å²) < 4.78 is 11.5. The molecule has 0 unspecified atom stereocenters. The van der Waals surface area contributed by atoms with Gasteiger partial charge >= 0.3 is 59.2 Å². The van der Waals surface area contributed by atoms with Gasteiger partial charge in [0.05, 0.1) is 0 Å². The molecule has 0 aromatic rings. The number of halogens is 1. The van der Waals surface area contributed by atoms with Gasteiger partial charge in [-0.25, -0.2) is 0 Å². The second-order valence-corrected chi connectivity index (χ2v) is 3.21. The Morgan fingerprint density at radius 1 is 1.78 bits per heavy atom. The number of rotatable bonds is 2. The Labute approximate surface area is 59.8 Å². The van der Waals surface area contributed by atoms with Crippen molar-refractivity contribution in [2.75, 3.05) is 6.54 Å². The standard InChI is InChI=1S/C5H8FNOSe/c6-9-5(8)4-2-1-3-7-4/h4,7H,1-3H2/t4-/m0/s1. The van der Waals surface area contributed by atoms with Crippen molar-refractivity contribution in [1.29, 1.82) is 0 Å². The summed E-state index contributed by atoms with van der Waals surface area (Å²) in [5.74, 6) is 0. The Morgan fingerprint density at radius 2 is 2.56 bits per heavy atom. The van der Waals surface area contributed by atoms with Crippen LogP contribution in [0.15, 0.2) is 0 Å². The first-order chi connectivity index (χ1) is 4.34. The van der Waals surface area contributed by atoms with Gasteiger partial charge in [-0.15, -0.1) is 0 Å². The quantitative estimate of drug-likeness (QED) is 0.622. The zero-order chi connectivity index (χ0) is 6.69. The van der Waals surface area contributed by atoms with Crippen molar-refractivity contribution in [3.63, 3.8) is 0 Å². The van der Waals surface area contributed by atoms with E-state index in [-0.39, 0.29) is 10.7 Å². The molecule has 0 aliphatic carbocycles. The molecule has 1 atom stereocenters. The molecular formula is C5H8FNOSe. The van der Waals surface area contributed by atoms with E-state index >= 15 is 0 Å². The van der Waals surface area contributed by atoms with Gasteiger partial charge in [-0.05, 0) is 0 Å². The van der Waals surface area contributed by atoms with Crippen LogP contribution in [-0.2, 0) is 4.79 Å². The topological polar surface area (TPSA) is 29.1 Å². The Kier molecular flexibility index (Phi) is 2.64. The third-order valence-electron chi connectivity index (χ3n) is 1.42. The van der Waals surface area contributed by atoms with Gasteiger partial charge in [0, 0.05) is 0 Å². The fourth-order valence-electron chi connectivity index (χ4n) is 0.939. The molecule has 1 fully saturated rings. The van der Waals surface area contributed by atoms with E-state index in [4.69, 9.17) is 0 Å². The van der Waals surface area contributed by atoms with Crippen molar-refractivity contribution in [3.05, 3.63) is 0 Å². The molecule has 0 aromatic heterocycles. The van der Waals surface area contributed by atoms with Crippen LogP contribution >= 0.6 is 0 Å². The number of nitrogens with one attached hydrogen (secondary N) is 1. The molecule has 0 amide bonds. The van der Waals surface area contributed by atoms with Crippen LogP contribution in [0.2, 0.25) is 0 Å². The summed E-state index contributed by atoms with van der Waals surface area (Å²) in [6.07, 6.45) is 1.83. The first kappa shape index (κ1) is 7.19.